The number of nitrogens with zero attached hydrogens (tertiary/aromatic N) is 1. The minimum absolute atomic E-state index is 0.00894. The van der Waals surface area contributed by atoms with Crippen molar-refractivity contribution in [2.75, 3.05) is 13.7 Å². The molecule has 1 heterocycles. The average Bonchev–Trinajstić information content (AvgIpc) is 2.81. The van der Waals surface area contributed by atoms with Gasteiger partial charge in [0.25, 0.3) is 5.56 Å². The summed E-state index contributed by atoms with van der Waals surface area (Å²) in [6.07, 6.45) is 4.93. The third kappa shape index (κ3) is 5.23. The first-order chi connectivity index (χ1) is 15.4. The van der Waals surface area contributed by atoms with E-state index in [-0.39, 0.29) is 17.4 Å². The van der Waals surface area contributed by atoms with Crippen molar-refractivity contribution in [3.05, 3.63) is 107 Å². The van der Waals surface area contributed by atoms with Crippen molar-refractivity contribution in [2.24, 2.45) is 7.05 Å². The number of pyridine rings is 1. The Kier molecular flexibility index (Phi) is 7.78. The zero-order chi connectivity index (χ0) is 23.1. The Morgan fingerprint density at radius 2 is 1.84 bits per heavy atom. The summed E-state index contributed by atoms with van der Waals surface area (Å²) in [7, 11) is 3.44. The molecule has 0 bridgehead atoms. The van der Waals surface area contributed by atoms with Gasteiger partial charge in [0.05, 0.1) is 5.60 Å². The molecular weight excluding hydrogens is 403 g/mol. The van der Waals surface area contributed by atoms with E-state index >= 15 is 0 Å². The quantitative estimate of drug-likeness (QED) is 0.438. The molecule has 0 aliphatic rings. The molecule has 2 aromatic carbocycles. The lowest BCUT2D eigenvalue weighted by Crippen LogP contribution is -2.33. The lowest BCUT2D eigenvalue weighted by Gasteiger charge is -2.33. The molecule has 0 saturated carbocycles. The van der Waals surface area contributed by atoms with Gasteiger partial charge in [-0.3, -0.25) is 4.79 Å². The molecule has 0 aliphatic carbocycles. The maximum Gasteiger partial charge on any atom is 0.258 e. The van der Waals surface area contributed by atoms with E-state index in [4.69, 9.17) is 4.74 Å². The summed E-state index contributed by atoms with van der Waals surface area (Å²) in [5.41, 5.74) is 3.10. The molecule has 0 radical (unpaired) electrons. The smallest absolute Gasteiger partial charge is 0.258 e. The van der Waals surface area contributed by atoms with Crippen LogP contribution in [0.4, 0.5) is 4.39 Å². The molecule has 1 aromatic heterocycles. The maximum absolute atomic E-state index is 13.4. The van der Waals surface area contributed by atoms with Crippen LogP contribution in [0.15, 0.2) is 84.3 Å². The first-order valence-corrected chi connectivity index (χ1v) is 10.8. The van der Waals surface area contributed by atoms with Gasteiger partial charge in [-0.2, -0.15) is 0 Å². The summed E-state index contributed by atoms with van der Waals surface area (Å²) >= 11 is 0. The fourth-order valence-electron chi connectivity index (χ4n) is 4.03. The van der Waals surface area contributed by atoms with Crippen LogP contribution in [0.5, 0.6) is 0 Å². The van der Waals surface area contributed by atoms with Gasteiger partial charge in [-0.15, -0.1) is 6.58 Å². The summed E-state index contributed by atoms with van der Waals surface area (Å²) in [6, 6.07) is 18.4. The Labute approximate surface area is 189 Å². The topological polar surface area (TPSA) is 43.3 Å². The molecule has 0 unspecified atom stereocenters. The van der Waals surface area contributed by atoms with Crippen LogP contribution in [0.2, 0.25) is 0 Å². The van der Waals surface area contributed by atoms with E-state index in [0.717, 1.165) is 16.7 Å². The van der Waals surface area contributed by atoms with E-state index in [2.05, 4.69) is 18.8 Å². The second kappa shape index (κ2) is 10.5. The highest BCUT2D eigenvalue weighted by Crippen LogP contribution is 2.33. The van der Waals surface area contributed by atoms with Gasteiger partial charge in [0.2, 0.25) is 0 Å². The molecule has 168 valence electrons. The van der Waals surface area contributed by atoms with Gasteiger partial charge in [0.1, 0.15) is 5.82 Å². The number of halogens is 1. The molecule has 5 heteroatoms. The third-order valence-electron chi connectivity index (χ3n) is 6.06. The molecule has 0 saturated heterocycles. The van der Waals surface area contributed by atoms with Crippen LogP contribution in [0.1, 0.15) is 36.9 Å². The highest BCUT2D eigenvalue weighted by Gasteiger charge is 2.30. The van der Waals surface area contributed by atoms with Gasteiger partial charge >= 0.3 is 0 Å². The average molecular weight is 435 g/mol. The normalized spacial score (nSPS) is 14.0. The number of methoxy groups -OCH3 is 1. The maximum atomic E-state index is 13.4. The van der Waals surface area contributed by atoms with E-state index < -0.39 is 5.60 Å². The highest BCUT2D eigenvalue weighted by molar-refractivity contribution is 5.62. The Morgan fingerprint density at radius 1 is 1.16 bits per heavy atom. The Balaban J connectivity index is 1.68. The van der Waals surface area contributed by atoms with Gasteiger partial charge in [-0.05, 0) is 67.3 Å². The first kappa shape index (κ1) is 23.6. The highest BCUT2D eigenvalue weighted by atomic mass is 19.1. The Hall–Kier alpha value is -3.02. The summed E-state index contributed by atoms with van der Waals surface area (Å²) in [5, 5.41) is 3.55. The molecule has 1 N–H and O–H groups in total. The second-order valence-electron chi connectivity index (χ2n) is 8.08. The molecular formula is C27H31FN2O2. The standard InChI is InChI=1S/C27H31FN2O2/c1-5-16-27(32-4,23-12-14-24(28)15-13-23)17-18-29-20(2)21-8-10-22(11-9-21)25-7-6-19-30(3)26(25)31/h5-15,19-20,29H,1,16-18H2,2-4H3/t20-,27+/m0/s1. The van der Waals surface area contributed by atoms with Crippen LogP contribution in [0, 0.1) is 5.82 Å². The summed E-state index contributed by atoms with van der Waals surface area (Å²) in [6.45, 7) is 6.69. The van der Waals surface area contributed by atoms with Crippen LogP contribution < -0.4 is 10.9 Å². The van der Waals surface area contributed by atoms with E-state index in [0.29, 0.717) is 24.9 Å². The largest absolute Gasteiger partial charge is 0.373 e. The van der Waals surface area contributed by atoms with Crippen LogP contribution in [-0.2, 0) is 17.4 Å². The number of ether oxygens (including phenoxy) is 1. The van der Waals surface area contributed by atoms with Crippen LogP contribution >= 0.6 is 0 Å². The fourth-order valence-corrected chi connectivity index (χ4v) is 4.03. The number of benzene rings is 2. The monoisotopic (exact) mass is 434 g/mol. The van der Waals surface area contributed by atoms with Crippen molar-refractivity contribution < 1.29 is 9.13 Å². The minimum atomic E-state index is -0.556. The predicted octanol–water partition coefficient (Wildman–Crippen LogP) is 5.35. The fraction of sp³-hybridized carbons (Fsp3) is 0.296. The molecule has 0 amide bonds. The summed E-state index contributed by atoms with van der Waals surface area (Å²) < 4.78 is 20.9. The van der Waals surface area contributed by atoms with Gasteiger partial charge in [-0.25, -0.2) is 4.39 Å². The lowest BCUT2D eigenvalue weighted by molar-refractivity contribution is -0.0198. The summed E-state index contributed by atoms with van der Waals surface area (Å²) in [4.78, 5) is 12.4. The van der Waals surface area contributed by atoms with Crippen molar-refractivity contribution in [3.63, 3.8) is 0 Å². The van der Waals surface area contributed by atoms with Gasteiger partial charge in [-0.1, -0.05) is 42.5 Å². The molecule has 0 fully saturated rings. The van der Waals surface area contributed by atoms with Gasteiger partial charge in [0.15, 0.2) is 0 Å². The number of aryl methyl sites for hydroxylation is 1. The number of rotatable bonds is 10. The third-order valence-corrected chi connectivity index (χ3v) is 6.06. The zero-order valence-corrected chi connectivity index (χ0v) is 19.0. The number of hydrogen-bond acceptors (Lipinski definition) is 3. The van der Waals surface area contributed by atoms with E-state index in [1.807, 2.05) is 42.5 Å². The first-order valence-electron chi connectivity index (χ1n) is 10.8. The predicted molar refractivity (Wildman–Crippen MR) is 128 cm³/mol. The SMILES string of the molecule is C=CC[C@](CCN[C@@H](C)c1ccc(-c2cccn(C)c2=O)cc1)(OC)c1ccc(F)cc1. The minimum Gasteiger partial charge on any atom is -0.373 e. The molecule has 3 aromatic rings. The van der Waals surface area contributed by atoms with Crippen molar-refractivity contribution in [1.82, 2.24) is 9.88 Å². The van der Waals surface area contributed by atoms with E-state index in [9.17, 15) is 9.18 Å². The van der Waals surface area contributed by atoms with Crippen molar-refractivity contribution >= 4 is 0 Å². The van der Waals surface area contributed by atoms with Crippen molar-refractivity contribution in [2.45, 2.75) is 31.4 Å². The van der Waals surface area contributed by atoms with Crippen LogP contribution in [-0.4, -0.2) is 18.2 Å². The zero-order valence-electron chi connectivity index (χ0n) is 19.0. The number of hydrogen-bond donors (Lipinski definition) is 1. The Bertz CT molecular complexity index is 1090. The van der Waals surface area contributed by atoms with E-state index in [1.54, 1.807) is 37.1 Å². The van der Waals surface area contributed by atoms with Crippen LogP contribution in [0.3, 0.4) is 0 Å². The summed E-state index contributed by atoms with van der Waals surface area (Å²) in [5.74, 6) is -0.263. The number of aromatic nitrogens is 1. The lowest BCUT2D eigenvalue weighted by atomic mass is 9.86. The molecule has 32 heavy (non-hydrogen) atoms. The Morgan fingerprint density at radius 3 is 2.47 bits per heavy atom. The van der Waals surface area contributed by atoms with Crippen molar-refractivity contribution in [1.29, 1.82) is 0 Å². The second-order valence-corrected chi connectivity index (χ2v) is 8.08. The van der Waals surface area contributed by atoms with E-state index in [1.165, 1.54) is 12.1 Å². The van der Waals surface area contributed by atoms with Crippen molar-refractivity contribution in [3.8, 4) is 11.1 Å². The molecule has 0 aliphatic heterocycles. The molecule has 2 atom stereocenters. The van der Waals surface area contributed by atoms with Gasteiger partial charge < -0.3 is 14.6 Å². The molecule has 4 nitrogen and oxygen atoms in total. The van der Waals surface area contributed by atoms with Crippen LogP contribution in [0.25, 0.3) is 11.1 Å². The number of nitrogens with one attached hydrogen (secondary N) is 1. The van der Waals surface area contributed by atoms with Gasteiger partial charge in [0, 0.05) is 32.0 Å². The molecule has 3 rings (SSSR count). The molecule has 0 spiro atoms.